The Hall–Kier alpha value is -4.82. The summed E-state index contributed by atoms with van der Waals surface area (Å²) in [6, 6.07) is 14.7. The number of hydrogen-bond donors (Lipinski definition) is 1. The molecule has 1 heterocycles. The number of esters is 4. The van der Waals surface area contributed by atoms with E-state index < -0.39 is 84.3 Å². The second kappa shape index (κ2) is 26.4. The number of hydrogen-bond acceptors (Lipinski definition) is 12. The molecule has 3 rings (SSSR count). The van der Waals surface area contributed by atoms with Crippen LogP contribution in [0.25, 0.3) is 0 Å². The minimum atomic E-state index is -1.28. The molecule has 1 aliphatic heterocycles. The Kier molecular flexibility index (Phi) is 22.1. The number of amides is 2. The molecule has 8 atom stereocenters. The molecule has 362 valence electrons. The van der Waals surface area contributed by atoms with Gasteiger partial charge < -0.3 is 34.1 Å². The first-order chi connectivity index (χ1) is 30.6. The fourth-order valence-corrected chi connectivity index (χ4v) is 8.05. The van der Waals surface area contributed by atoms with Crippen LogP contribution in [-0.4, -0.2) is 133 Å². The van der Waals surface area contributed by atoms with E-state index in [-0.39, 0.29) is 62.4 Å². The molecule has 0 spiro atoms. The quantitative estimate of drug-likeness (QED) is 0.188. The van der Waals surface area contributed by atoms with E-state index in [1.807, 2.05) is 116 Å². The van der Waals surface area contributed by atoms with Crippen molar-refractivity contribution in [2.24, 2.45) is 23.7 Å². The maximum absolute atomic E-state index is 14.6. The molecule has 1 saturated heterocycles. The van der Waals surface area contributed by atoms with Crippen LogP contribution in [0.1, 0.15) is 106 Å². The topological polar surface area (TPSA) is 161 Å². The van der Waals surface area contributed by atoms with Gasteiger partial charge in [-0.1, -0.05) is 116 Å². The maximum Gasteiger partial charge on any atom is 0.329 e. The summed E-state index contributed by atoms with van der Waals surface area (Å²) in [6.45, 7) is 19.2. The lowest BCUT2D eigenvalue weighted by Crippen LogP contribution is -2.53. The van der Waals surface area contributed by atoms with Gasteiger partial charge in [-0.05, 0) is 81.4 Å². The van der Waals surface area contributed by atoms with E-state index in [1.165, 1.54) is 23.9 Å². The summed E-state index contributed by atoms with van der Waals surface area (Å²) in [7, 11) is 4.79. The minimum Gasteiger partial charge on any atom is -0.460 e. The normalized spacial score (nSPS) is 26.0. The number of ether oxygens (including phenoxy) is 4. The number of likely N-dealkylation sites (N-methyl/N-ethyl adjacent to an activating group) is 3. The van der Waals surface area contributed by atoms with Crippen LogP contribution in [0.3, 0.4) is 0 Å². The molecule has 2 amide bonds. The number of nitrogens with one attached hydrogen (secondary N) is 1. The van der Waals surface area contributed by atoms with E-state index in [0.717, 1.165) is 11.1 Å². The van der Waals surface area contributed by atoms with Crippen LogP contribution in [0.4, 0.5) is 0 Å². The lowest BCUT2D eigenvalue weighted by atomic mass is 10.00. The lowest BCUT2D eigenvalue weighted by Gasteiger charge is -2.35. The highest BCUT2D eigenvalue weighted by atomic mass is 16.6. The molecule has 0 aromatic heterocycles. The first-order valence-electron chi connectivity index (χ1n) is 23.4. The molecule has 0 saturated carbocycles. The first-order valence-corrected chi connectivity index (χ1v) is 23.4. The van der Waals surface area contributed by atoms with Crippen LogP contribution in [0, 0.1) is 23.7 Å². The molecule has 1 N–H and O–H groups in total. The third kappa shape index (κ3) is 17.8. The number of carbonyl (C=O) groups is 6. The van der Waals surface area contributed by atoms with Crippen LogP contribution < -0.4 is 5.32 Å². The van der Waals surface area contributed by atoms with Gasteiger partial charge in [-0.15, -0.1) is 0 Å². The van der Waals surface area contributed by atoms with Crippen LogP contribution in [0.2, 0.25) is 0 Å². The Morgan fingerprint density at radius 2 is 0.877 bits per heavy atom. The molecule has 0 radical (unpaired) electrons. The predicted octanol–water partition coefficient (Wildman–Crippen LogP) is 6.27. The Morgan fingerprint density at radius 3 is 1.29 bits per heavy atom. The van der Waals surface area contributed by atoms with Crippen LogP contribution in [0.15, 0.2) is 60.7 Å². The predicted molar refractivity (Wildman–Crippen MR) is 250 cm³/mol. The number of benzene rings is 2. The molecule has 2 aromatic carbocycles. The molecular formula is C51H78N4O10. The van der Waals surface area contributed by atoms with Crippen molar-refractivity contribution < 1.29 is 47.7 Å². The molecular weight excluding hydrogens is 829 g/mol. The van der Waals surface area contributed by atoms with E-state index in [9.17, 15) is 28.8 Å². The van der Waals surface area contributed by atoms with Gasteiger partial charge in [0, 0.05) is 40.0 Å². The highest BCUT2D eigenvalue weighted by Gasteiger charge is 2.40. The fraction of sp³-hybridized carbons (Fsp3) is 0.647. The maximum atomic E-state index is 14.6. The summed E-state index contributed by atoms with van der Waals surface area (Å²) in [5, 5.41) is 3.22. The first kappa shape index (κ1) is 54.5. The highest BCUT2D eigenvalue weighted by molar-refractivity contribution is 5.90. The SMILES string of the molecule is CC(C)CC1NCC(C)OC(=O)C(CC(C)C)N(C)C(=O)C(Cc2ccccc2)OC(=O)C(CC(C)C)N(C)CC(C)OC(=O)C(CC(C)C)N(C)C(=O)C(Cc2ccccc2)OC1=O. The van der Waals surface area contributed by atoms with E-state index in [4.69, 9.17) is 18.9 Å². The molecule has 65 heavy (non-hydrogen) atoms. The average Bonchev–Trinajstić information content (AvgIpc) is 3.23. The minimum absolute atomic E-state index is 0.0186. The van der Waals surface area contributed by atoms with Crippen molar-refractivity contribution in [3.05, 3.63) is 71.8 Å². The van der Waals surface area contributed by atoms with E-state index in [2.05, 4.69) is 5.32 Å². The molecule has 0 aliphatic carbocycles. The molecule has 8 unspecified atom stereocenters. The van der Waals surface area contributed by atoms with Gasteiger partial charge in [-0.2, -0.15) is 0 Å². The van der Waals surface area contributed by atoms with E-state index in [0.29, 0.717) is 12.8 Å². The number of cyclic esters (lactones) is 4. The zero-order chi connectivity index (χ0) is 48.5. The Bertz CT molecular complexity index is 1820. The largest absolute Gasteiger partial charge is 0.460 e. The summed E-state index contributed by atoms with van der Waals surface area (Å²) in [6.07, 6.45) is -2.66. The van der Waals surface area contributed by atoms with Gasteiger partial charge in [0.15, 0.2) is 12.2 Å². The van der Waals surface area contributed by atoms with Gasteiger partial charge in [0.25, 0.3) is 11.8 Å². The Morgan fingerprint density at radius 1 is 0.508 bits per heavy atom. The van der Waals surface area contributed by atoms with Gasteiger partial charge >= 0.3 is 23.9 Å². The van der Waals surface area contributed by atoms with Gasteiger partial charge in [0.05, 0.1) is 0 Å². The molecule has 0 bridgehead atoms. The van der Waals surface area contributed by atoms with Gasteiger partial charge in [-0.25, -0.2) is 9.59 Å². The number of nitrogens with zero attached hydrogens (tertiary/aromatic N) is 3. The van der Waals surface area contributed by atoms with E-state index >= 15 is 0 Å². The van der Waals surface area contributed by atoms with E-state index in [1.54, 1.807) is 25.8 Å². The fourth-order valence-electron chi connectivity index (χ4n) is 8.05. The van der Waals surface area contributed by atoms with Crippen molar-refractivity contribution in [1.82, 2.24) is 20.0 Å². The van der Waals surface area contributed by atoms with Crippen molar-refractivity contribution in [3.8, 4) is 0 Å². The Balaban J connectivity index is 2.14. The van der Waals surface area contributed by atoms with Crippen molar-refractivity contribution in [2.75, 3.05) is 34.2 Å². The number of carbonyl (C=O) groups excluding carboxylic acids is 6. The molecule has 2 aromatic rings. The van der Waals surface area contributed by atoms with Crippen molar-refractivity contribution in [1.29, 1.82) is 0 Å². The summed E-state index contributed by atoms with van der Waals surface area (Å²) >= 11 is 0. The molecule has 1 aliphatic rings. The summed E-state index contributed by atoms with van der Waals surface area (Å²) in [5.41, 5.74) is 1.52. The van der Waals surface area contributed by atoms with Crippen molar-refractivity contribution >= 4 is 35.7 Å². The van der Waals surface area contributed by atoms with Gasteiger partial charge in [-0.3, -0.25) is 24.1 Å². The third-order valence-electron chi connectivity index (χ3n) is 11.5. The zero-order valence-electron chi connectivity index (χ0n) is 41.3. The highest BCUT2D eigenvalue weighted by Crippen LogP contribution is 2.22. The van der Waals surface area contributed by atoms with Gasteiger partial charge in [0.1, 0.15) is 36.4 Å². The summed E-state index contributed by atoms with van der Waals surface area (Å²) in [4.78, 5) is 90.3. The zero-order valence-corrected chi connectivity index (χ0v) is 41.3. The molecule has 1 fully saturated rings. The average molecular weight is 907 g/mol. The Labute approximate surface area is 388 Å². The monoisotopic (exact) mass is 907 g/mol. The summed E-state index contributed by atoms with van der Waals surface area (Å²) in [5.74, 6) is -3.63. The van der Waals surface area contributed by atoms with Crippen molar-refractivity contribution in [3.63, 3.8) is 0 Å². The van der Waals surface area contributed by atoms with Crippen LogP contribution in [0.5, 0.6) is 0 Å². The van der Waals surface area contributed by atoms with Crippen LogP contribution >= 0.6 is 0 Å². The smallest absolute Gasteiger partial charge is 0.329 e. The molecule has 14 nitrogen and oxygen atoms in total. The lowest BCUT2D eigenvalue weighted by molar-refractivity contribution is -0.170. The van der Waals surface area contributed by atoms with Crippen molar-refractivity contribution in [2.45, 2.75) is 156 Å². The third-order valence-corrected chi connectivity index (χ3v) is 11.5. The second-order valence-corrected chi connectivity index (χ2v) is 19.6. The standard InChI is InChI=1S/C51H78N4O10/c1-32(2)24-40-48(58)64-44(28-38-20-16-14-17-21-38)46(56)55(13)43(27-35(7)8)51(61)63-37(10)31-53(11)41(25-33(3)4)49(59)65-45(29-39-22-18-15-19-23-39)47(57)54(12)42(26-34(5)6)50(60)62-36(9)30-52-40/h14-23,32-37,40-45,52H,24-31H2,1-13H3. The van der Waals surface area contributed by atoms with Crippen LogP contribution in [-0.2, 0) is 60.6 Å². The number of rotatable bonds is 12. The second-order valence-electron chi connectivity index (χ2n) is 19.6. The summed E-state index contributed by atoms with van der Waals surface area (Å²) < 4.78 is 24.4. The molecule has 14 heteroatoms. The van der Waals surface area contributed by atoms with Gasteiger partial charge in [0.2, 0.25) is 0 Å².